The number of nitrogens with zero attached hydrogens (tertiary/aromatic N) is 1. The summed E-state index contributed by atoms with van der Waals surface area (Å²) in [4.78, 5) is 4.22. The van der Waals surface area contributed by atoms with Crippen LogP contribution in [-0.2, 0) is 22.7 Å². The fraction of sp³-hybridized carbons (Fsp3) is 0.533. The minimum Gasteiger partial charge on any atom is -0.370 e. The molecule has 7 heteroatoms. The van der Waals surface area contributed by atoms with Gasteiger partial charge in [-0.05, 0) is 55.4 Å². The number of fused-ring (bicyclic) bond motifs is 1. The van der Waals surface area contributed by atoms with E-state index < -0.39 is 14.6 Å². The summed E-state index contributed by atoms with van der Waals surface area (Å²) in [5.74, 6) is 0.280. The van der Waals surface area contributed by atoms with Gasteiger partial charge in [0.2, 0.25) is 0 Å². The van der Waals surface area contributed by atoms with Gasteiger partial charge in [-0.15, -0.1) is 24.0 Å². The summed E-state index contributed by atoms with van der Waals surface area (Å²) >= 11 is 0. The molecule has 0 spiro atoms. The Kier molecular flexibility index (Phi) is 5.06. The lowest BCUT2D eigenvalue weighted by molar-refractivity contribution is 0.583. The molecule has 5 nitrogen and oxygen atoms in total. The van der Waals surface area contributed by atoms with E-state index in [-0.39, 0.29) is 36.5 Å². The zero-order chi connectivity index (χ0) is 15.1. The van der Waals surface area contributed by atoms with Crippen molar-refractivity contribution in [2.24, 2.45) is 10.7 Å². The van der Waals surface area contributed by atoms with Gasteiger partial charge in [0.25, 0.3) is 0 Å². The van der Waals surface area contributed by atoms with Crippen molar-refractivity contribution in [1.29, 1.82) is 0 Å². The lowest BCUT2D eigenvalue weighted by Crippen LogP contribution is -2.29. The third kappa shape index (κ3) is 3.56. The second-order valence-corrected chi connectivity index (χ2v) is 8.53. The second-order valence-electron chi connectivity index (χ2n) is 6.12. The smallest absolute Gasteiger partial charge is 0.193 e. The number of nitrogens with two attached hydrogens (primary N) is 1. The summed E-state index contributed by atoms with van der Waals surface area (Å²) in [7, 11) is -3.06. The van der Waals surface area contributed by atoms with E-state index in [9.17, 15) is 8.42 Å². The van der Waals surface area contributed by atoms with Crippen LogP contribution in [-0.4, -0.2) is 31.9 Å². The topological polar surface area (TPSA) is 84.5 Å². The van der Waals surface area contributed by atoms with Crippen LogP contribution in [0, 0.1) is 0 Å². The highest BCUT2D eigenvalue weighted by Crippen LogP contribution is 2.43. The third-order valence-corrected chi connectivity index (χ3v) is 6.61. The Morgan fingerprint density at radius 1 is 1.32 bits per heavy atom. The van der Waals surface area contributed by atoms with Crippen molar-refractivity contribution < 1.29 is 8.42 Å². The summed E-state index contributed by atoms with van der Waals surface area (Å²) in [6.07, 6.45) is 6.11. The number of benzene rings is 1. The van der Waals surface area contributed by atoms with Crippen molar-refractivity contribution in [3.8, 4) is 0 Å². The second kappa shape index (κ2) is 6.35. The van der Waals surface area contributed by atoms with E-state index in [0.717, 1.165) is 18.5 Å². The van der Waals surface area contributed by atoms with E-state index in [4.69, 9.17) is 5.73 Å². The summed E-state index contributed by atoms with van der Waals surface area (Å²) < 4.78 is 22.7. The van der Waals surface area contributed by atoms with Crippen LogP contribution in [0.25, 0.3) is 0 Å². The zero-order valence-electron chi connectivity index (χ0n) is 12.6. The molecule has 1 aromatic rings. The average Bonchev–Trinajstić information content (AvgIpc) is 3.08. The Balaban J connectivity index is 0.00000176. The van der Waals surface area contributed by atoms with Gasteiger partial charge in [0.1, 0.15) is 0 Å². The highest BCUT2D eigenvalue weighted by Gasteiger charge is 2.51. The zero-order valence-corrected chi connectivity index (χ0v) is 15.8. The van der Waals surface area contributed by atoms with Gasteiger partial charge in [-0.2, -0.15) is 0 Å². The molecule has 0 atom stereocenters. The number of hydrogen-bond donors (Lipinski definition) is 2. The lowest BCUT2D eigenvalue weighted by atomic mass is 10.1. The molecular weight excluding hydrogens is 413 g/mol. The van der Waals surface area contributed by atoms with Crippen LogP contribution in [0.3, 0.4) is 0 Å². The molecule has 0 aliphatic heterocycles. The SMILES string of the molecule is CS(=O)(=O)C1(CN=C(N)Nc2ccc3c(c2)CCC3)CC1.I. The number of aliphatic imine (C=N–C) groups is 1. The predicted molar refractivity (Wildman–Crippen MR) is 101 cm³/mol. The Morgan fingerprint density at radius 2 is 2.00 bits per heavy atom. The molecule has 3 N–H and O–H groups in total. The van der Waals surface area contributed by atoms with Gasteiger partial charge in [-0.1, -0.05) is 6.07 Å². The van der Waals surface area contributed by atoms with E-state index >= 15 is 0 Å². The Bertz CT molecular complexity index is 697. The Labute approximate surface area is 148 Å². The standard InChI is InChI=1S/C15H21N3O2S.HI/c1-21(19,20)15(7-8-15)10-17-14(16)18-13-6-5-11-3-2-4-12(11)9-13;/h5-6,9H,2-4,7-8,10H2,1H3,(H3,16,17,18);1H. The number of halogens is 1. The highest BCUT2D eigenvalue weighted by atomic mass is 127. The first kappa shape index (κ1) is 17.5. The van der Waals surface area contributed by atoms with Gasteiger partial charge in [0.15, 0.2) is 15.8 Å². The summed E-state index contributed by atoms with van der Waals surface area (Å²) in [5, 5.41) is 3.06. The first-order valence-corrected chi connectivity index (χ1v) is 9.17. The van der Waals surface area contributed by atoms with Gasteiger partial charge in [-0.3, -0.25) is 4.99 Å². The number of guanidine groups is 1. The molecule has 0 radical (unpaired) electrons. The monoisotopic (exact) mass is 435 g/mol. The van der Waals surface area contributed by atoms with Crippen molar-refractivity contribution in [1.82, 2.24) is 0 Å². The van der Waals surface area contributed by atoms with Crippen molar-refractivity contribution in [2.75, 3.05) is 18.1 Å². The number of aryl methyl sites for hydroxylation is 2. The molecule has 3 rings (SSSR count). The van der Waals surface area contributed by atoms with E-state index in [1.807, 2.05) is 6.07 Å². The van der Waals surface area contributed by atoms with E-state index in [1.54, 1.807) is 0 Å². The molecule has 2 aliphatic rings. The van der Waals surface area contributed by atoms with E-state index in [0.29, 0.717) is 12.8 Å². The maximum absolute atomic E-state index is 11.7. The quantitative estimate of drug-likeness (QED) is 0.431. The normalized spacial score (nSPS) is 19.2. The maximum Gasteiger partial charge on any atom is 0.193 e. The lowest BCUT2D eigenvalue weighted by Gasteiger charge is -2.11. The van der Waals surface area contributed by atoms with Gasteiger partial charge in [0.05, 0.1) is 11.3 Å². The van der Waals surface area contributed by atoms with Crippen LogP contribution in [0.4, 0.5) is 5.69 Å². The highest BCUT2D eigenvalue weighted by molar-refractivity contribution is 14.0. The Hall–Kier alpha value is -0.830. The largest absolute Gasteiger partial charge is 0.370 e. The van der Waals surface area contributed by atoms with Crippen LogP contribution in [0.2, 0.25) is 0 Å². The van der Waals surface area contributed by atoms with Crippen LogP contribution in [0.1, 0.15) is 30.4 Å². The van der Waals surface area contributed by atoms with Crippen molar-refractivity contribution in [2.45, 2.75) is 36.9 Å². The van der Waals surface area contributed by atoms with Gasteiger partial charge in [0, 0.05) is 11.9 Å². The summed E-state index contributed by atoms with van der Waals surface area (Å²) in [5.41, 5.74) is 9.56. The molecule has 0 aromatic heterocycles. The summed E-state index contributed by atoms with van der Waals surface area (Å²) in [6, 6.07) is 6.22. The predicted octanol–water partition coefficient (Wildman–Crippen LogP) is 2.10. The minimum absolute atomic E-state index is 0. The first-order valence-electron chi connectivity index (χ1n) is 7.28. The molecule has 1 saturated carbocycles. The number of hydrogen-bond acceptors (Lipinski definition) is 3. The summed E-state index contributed by atoms with van der Waals surface area (Å²) in [6.45, 7) is 0.246. The van der Waals surface area contributed by atoms with E-state index in [1.165, 1.54) is 23.8 Å². The number of anilines is 1. The minimum atomic E-state index is -3.06. The molecule has 122 valence electrons. The fourth-order valence-corrected chi connectivity index (χ4v) is 3.99. The van der Waals surface area contributed by atoms with Crippen molar-refractivity contribution in [3.63, 3.8) is 0 Å². The average molecular weight is 435 g/mol. The van der Waals surface area contributed by atoms with Crippen molar-refractivity contribution >= 4 is 45.5 Å². The molecule has 1 fully saturated rings. The van der Waals surface area contributed by atoms with Crippen LogP contribution in [0.15, 0.2) is 23.2 Å². The van der Waals surface area contributed by atoms with Gasteiger partial charge < -0.3 is 11.1 Å². The third-order valence-electron chi connectivity index (χ3n) is 4.50. The molecule has 0 heterocycles. The van der Waals surface area contributed by atoms with Gasteiger partial charge >= 0.3 is 0 Å². The molecule has 0 amide bonds. The Morgan fingerprint density at radius 3 is 2.64 bits per heavy atom. The maximum atomic E-state index is 11.7. The van der Waals surface area contributed by atoms with Crippen LogP contribution in [0.5, 0.6) is 0 Å². The molecule has 22 heavy (non-hydrogen) atoms. The van der Waals surface area contributed by atoms with Gasteiger partial charge in [-0.25, -0.2) is 8.42 Å². The van der Waals surface area contributed by atoms with Crippen molar-refractivity contribution in [3.05, 3.63) is 29.3 Å². The fourth-order valence-electron chi connectivity index (χ4n) is 2.85. The molecule has 0 bridgehead atoms. The number of sulfone groups is 1. The molecule has 0 unspecified atom stereocenters. The molecule has 0 saturated heterocycles. The van der Waals surface area contributed by atoms with E-state index in [2.05, 4.69) is 22.4 Å². The van der Waals surface area contributed by atoms with Crippen LogP contribution < -0.4 is 11.1 Å². The number of nitrogens with one attached hydrogen (secondary N) is 1. The van der Waals surface area contributed by atoms with Crippen LogP contribution >= 0.6 is 24.0 Å². The molecule has 1 aromatic carbocycles. The molecular formula is C15H22IN3O2S. The molecule has 2 aliphatic carbocycles. The number of rotatable bonds is 4. The first-order chi connectivity index (χ1) is 9.90.